The first-order valence-electron chi connectivity index (χ1n) is 8.61. The zero-order valence-electron chi connectivity index (χ0n) is 15.2. The van der Waals surface area contributed by atoms with Crippen molar-refractivity contribution in [1.82, 2.24) is 9.97 Å². The number of amides is 1. The second-order valence-electron chi connectivity index (χ2n) is 6.72. The number of aliphatic hydroxyl groups is 1. The maximum absolute atomic E-state index is 11.3. The van der Waals surface area contributed by atoms with Crippen LogP contribution >= 0.6 is 0 Å². The fourth-order valence-electron chi connectivity index (χ4n) is 3.13. The van der Waals surface area contributed by atoms with Crippen molar-refractivity contribution in [3.8, 4) is 11.1 Å². The van der Waals surface area contributed by atoms with Crippen LogP contribution in [0.15, 0.2) is 61.1 Å². The normalized spacial score (nSPS) is 13.4. The molecule has 1 amide bonds. The number of nitrogens with zero attached hydrogens (tertiary/aromatic N) is 1. The first-order chi connectivity index (χ1) is 12.4. The van der Waals surface area contributed by atoms with Crippen molar-refractivity contribution in [3.63, 3.8) is 0 Å². The molecule has 1 aromatic heterocycles. The van der Waals surface area contributed by atoms with Gasteiger partial charge in [-0.15, -0.1) is 0 Å². The average molecular weight is 349 g/mol. The van der Waals surface area contributed by atoms with E-state index in [4.69, 9.17) is 0 Å². The second-order valence-corrected chi connectivity index (χ2v) is 6.72. The van der Waals surface area contributed by atoms with Gasteiger partial charge < -0.3 is 15.4 Å². The van der Waals surface area contributed by atoms with Crippen LogP contribution in [-0.2, 0) is 10.4 Å². The Morgan fingerprint density at radius 2 is 1.65 bits per heavy atom. The molecule has 0 radical (unpaired) electrons. The van der Waals surface area contributed by atoms with E-state index in [1.54, 1.807) is 12.5 Å². The van der Waals surface area contributed by atoms with Gasteiger partial charge >= 0.3 is 0 Å². The zero-order chi connectivity index (χ0) is 18.7. The summed E-state index contributed by atoms with van der Waals surface area (Å²) in [6, 6.07) is 15.5. The molecule has 0 aliphatic rings. The lowest BCUT2D eigenvalue weighted by Gasteiger charge is -2.31. The van der Waals surface area contributed by atoms with E-state index in [0.29, 0.717) is 5.69 Å². The van der Waals surface area contributed by atoms with Gasteiger partial charge in [-0.05, 0) is 34.7 Å². The minimum atomic E-state index is -1.12. The van der Waals surface area contributed by atoms with E-state index >= 15 is 0 Å². The molecule has 0 aliphatic heterocycles. The lowest BCUT2D eigenvalue weighted by Crippen LogP contribution is -2.33. The van der Waals surface area contributed by atoms with Gasteiger partial charge in [0.2, 0.25) is 5.91 Å². The molecule has 0 saturated heterocycles. The maximum Gasteiger partial charge on any atom is 0.221 e. The van der Waals surface area contributed by atoms with Gasteiger partial charge in [-0.25, -0.2) is 4.98 Å². The van der Waals surface area contributed by atoms with Crippen molar-refractivity contribution in [2.45, 2.75) is 26.4 Å². The monoisotopic (exact) mass is 349 g/mol. The lowest BCUT2D eigenvalue weighted by molar-refractivity contribution is -0.114. The first kappa shape index (κ1) is 17.9. The highest BCUT2D eigenvalue weighted by atomic mass is 16.3. The van der Waals surface area contributed by atoms with Crippen LogP contribution < -0.4 is 5.32 Å². The molecule has 3 aromatic rings. The van der Waals surface area contributed by atoms with Gasteiger partial charge in [-0.1, -0.05) is 50.2 Å². The predicted molar refractivity (Wildman–Crippen MR) is 103 cm³/mol. The zero-order valence-corrected chi connectivity index (χ0v) is 15.2. The Labute approximate surface area is 153 Å². The molecule has 1 heterocycles. The van der Waals surface area contributed by atoms with Gasteiger partial charge in [0.05, 0.1) is 18.2 Å². The number of rotatable bonds is 5. The molecule has 0 bridgehead atoms. The largest absolute Gasteiger partial charge is 0.379 e. The Kier molecular flexibility index (Phi) is 4.91. The van der Waals surface area contributed by atoms with Crippen molar-refractivity contribution in [2.24, 2.45) is 5.92 Å². The smallest absolute Gasteiger partial charge is 0.221 e. The predicted octanol–water partition coefficient (Wildman–Crippen LogP) is 3.93. The van der Waals surface area contributed by atoms with Crippen LogP contribution in [0.5, 0.6) is 0 Å². The Morgan fingerprint density at radius 3 is 2.12 bits per heavy atom. The van der Waals surface area contributed by atoms with Crippen LogP contribution in [0.25, 0.3) is 11.1 Å². The molecule has 5 heteroatoms. The Balaban J connectivity index is 1.89. The fourth-order valence-corrected chi connectivity index (χ4v) is 3.13. The van der Waals surface area contributed by atoms with Crippen molar-refractivity contribution in [1.29, 1.82) is 0 Å². The van der Waals surface area contributed by atoms with E-state index in [0.717, 1.165) is 22.4 Å². The fraction of sp³-hybridized carbons (Fsp3) is 0.238. The maximum atomic E-state index is 11.3. The molecular weight excluding hydrogens is 326 g/mol. The molecule has 2 aromatic carbocycles. The van der Waals surface area contributed by atoms with E-state index in [1.807, 2.05) is 62.4 Å². The minimum absolute atomic E-state index is 0.0225. The van der Waals surface area contributed by atoms with Crippen LogP contribution in [0.4, 0.5) is 5.69 Å². The molecule has 134 valence electrons. The third kappa shape index (κ3) is 3.39. The number of aromatic amines is 1. The molecule has 0 spiro atoms. The number of hydrogen-bond donors (Lipinski definition) is 3. The van der Waals surface area contributed by atoms with Crippen LogP contribution in [-0.4, -0.2) is 21.0 Å². The van der Waals surface area contributed by atoms with E-state index in [9.17, 15) is 9.90 Å². The SMILES string of the molecule is CC(=O)Nc1ccc(-c2ccc(C(O)(c3cnc[nH]3)C(C)C)cc2)cc1. The van der Waals surface area contributed by atoms with Crippen LogP contribution in [0.1, 0.15) is 32.0 Å². The summed E-state index contributed by atoms with van der Waals surface area (Å²) in [7, 11) is 0. The number of hydrogen-bond acceptors (Lipinski definition) is 3. The van der Waals surface area contributed by atoms with Crippen LogP contribution in [0.2, 0.25) is 0 Å². The van der Waals surface area contributed by atoms with Gasteiger partial charge in [0.1, 0.15) is 5.60 Å². The summed E-state index contributed by atoms with van der Waals surface area (Å²) in [5, 5.41) is 14.0. The number of nitrogens with one attached hydrogen (secondary N) is 2. The van der Waals surface area contributed by atoms with Gasteiger partial charge in [-0.2, -0.15) is 0 Å². The Hall–Kier alpha value is -2.92. The third-order valence-corrected chi connectivity index (χ3v) is 4.61. The molecule has 0 fully saturated rings. The molecular formula is C21H23N3O2. The summed E-state index contributed by atoms with van der Waals surface area (Å²) < 4.78 is 0. The highest BCUT2D eigenvalue weighted by Crippen LogP contribution is 2.36. The molecule has 5 nitrogen and oxygen atoms in total. The minimum Gasteiger partial charge on any atom is -0.379 e. The highest BCUT2D eigenvalue weighted by Gasteiger charge is 2.36. The quantitative estimate of drug-likeness (QED) is 0.653. The molecule has 3 N–H and O–H groups in total. The van der Waals surface area contributed by atoms with Crippen molar-refractivity contribution >= 4 is 11.6 Å². The topological polar surface area (TPSA) is 78.0 Å². The Morgan fingerprint density at radius 1 is 1.08 bits per heavy atom. The number of H-pyrrole nitrogens is 1. The second kappa shape index (κ2) is 7.14. The molecule has 26 heavy (non-hydrogen) atoms. The van der Waals surface area contributed by atoms with Gasteiger partial charge in [-0.3, -0.25) is 4.79 Å². The molecule has 3 rings (SSSR count). The number of anilines is 1. The summed E-state index contributed by atoms with van der Waals surface area (Å²) in [5.74, 6) is -0.111. The summed E-state index contributed by atoms with van der Waals surface area (Å²) in [5.41, 5.74) is 3.23. The molecule has 0 saturated carbocycles. The number of imidazole rings is 1. The number of carbonyl (C=O) groups is 1. The van der Waals surface area contributed by atoms with E-state index < -0.39 is 5.60 Å². The van der Waals surface area contributed by atoms with Gasteiger partial charge in [0.25, 0.3) is 0 Å². The average Bonchev–Trinajstić information content (AvgIpc) is 3.16. The summed E-state index contributed by atoms with van der Waals surface area (Å²) in [6.45, 7) is 5.45. The molecule has 1 unspecified atom stereocenters. The Bertz CT molecular complexity index is 869. The van der Waals surface area contributed by atoms with Crippen LogP contribution in [0, 0.1) is 5.92 Å². The first-order valence-corrected chi connectivity index (χ1v) is 8.61. The number of carbonyl (C=O) groups excluding carboxylic acids is 1. The summed E-state index contributed by atoms with van der Waals surface area (Å²) in [4.78, 5) is 18.2. The van der Waals surface area contributed by atoms with Crippen molar-refractivity contribution in [3.05, 3.63) is 72.3 Å². The van der Waals surface area contributed by atoms with E-state index in [2.05, 4.69) is 15.3 Å². The van der Waals surface area contributed by atoms with Crippen molar-refractivity contribution < 1.29 is 9.90 Å². The van der Waals surface area contributed by atoms with E-state index in [-0.39, 0.29) is 11.8 Å². The van der Waals surface area contributed by atoms with Gasteiger partial charge in [0, 0.05) is 12.6 Å². The summed E-state index contributed by atoms with van der Waals surface area (Å²) >= 11 is 0. The van der Waals surface area contributed by atoms with E-state index in [1.165, 1.54) is 6.92 Å². The lowest BCUT2D eigenvalue weighted by atomic mass is 9.80. The molecule has 0 aliphatic carbocycles. The summed E-state index contributed by atoms with van der Waals surface area (Å²) in [6.07, 6.45) is 3.24. The van der Waals surface area contributed by atoms with Crippen molar-refractivity contribution in [2.75, 3.05) is 5.32 Å². The van der Waals surface area contributed by atoms with Gasteiger partial charge in [0.15, 0.2) is 0 Å². The number of aromatic nitrogens is 2. The molecule has 1 atom stereocenters. The third-order valence-electron chi connectivity index (χ3n) is 4.61. The standard InChI is InChI=1S/C21H23N3O2/c1-14(2)21(26,20-12-22-13-23-20)18-8-4-16(5-9-18)17-6-10-19(11-7-17)24-15(3)25/h4-14,26H,1-3H3,(H,22,23)(H,24,25). The van der Waals surface area contributed by atoms with Crippen LogP contribution in [0.3, 0.4) is 0 Å². The number of benzene rings is 2. The highest BCUT2D eigenvalue weighted by molar-refractivity contribution is 5.89.